The van der Waals surface area contributed by atoms with Crippen molar-refractivity contribution in [3.8, 4) is 0 Å². The molecule has 0 aromatic heterocycles. The summed E-state index contributed by atoms with van der Waals surface area (Å²) < 4.78 is 0. The number of urea groups is 1. The van der Waals surface area contributed by atoms with E-state index >= 15 is 0 Å². The third-order valence-electron chi connectivity index (χ3n) is 4.00. The minimum atomic E-state index is -0.790. The number of barbiturate groups is 1. The van der Waals surface area contributed by atoms with E-state index < -0.39 is 17.8 Å². The van der Waals surface area contributed by atoms with E-state index in [2.05, 4.69) is 5.32 Å². The zero-order valence-corrected chi connectivity index (χ0v) is 14.4. The molecule has 0 atom stereocenters. The Morgan fingerprint density at radius 1 is 1.00 bits per heavy atom. The molecule has 0 unspecified atom stereocenters. The molecule has 4 amide bonds. The minimum Gasteiger partial charge on any atom is -0.273 e. The van der Waals surface area contributed by atoms with E-state index in [1.54, 1.807) is 25.1 Å². The van der Waals surface area contributed by atoms with E-state index in [0.29, 0.717) is 16.3 Å². The number of hydrogen-bond donors (Lipinski definition) is 1. The van der Waals surface area contributed by atoms with E-state index in [9.17, 15) is 14.4 Å². The molecule has 1 N–H and O–H groups in total. The standard InChI is InChI=1S/C19H15ClN2O3/c1-11-5-3-4-6-13(11)9-15-17(23)21-19(25)22(18(15)24)16-10-14(20)8-7-12(16)2/h3-10H,1-2H3,(H,21,23,25)/b15-9+. The van der Waals surface area contributed by atoms with Crippen molar-refractivity contribution in [2.45, 2.75) is 13.8 Å². The summed E-state index contributed by atoms with van der Waals surface area (Å²) in [7, 11) is 0. The van der Waals surface area contributed by atoms with Gasteiger partial charge in [-0.05, 0) is 48.7 Å². The molecule has 0 spiro atoms. The number of hydrogen-bond acceptors (Lipinski definition) is 3. The van der Waals surface area contributed by atoms with Gasteiger partial charge in [0.05, 0.1) is 5.69 Å². The van der Waals surface area contributed by atoms with Gasteiger partial charge in [0, 0.05) is 5.02 Å². The van der Waals surface area contributed by atoms with Crippen LogP contribution in [0.3, 0.4) is 0 Å². The Morgan fingerprint density at radius 3 is 2.44 bits per heavy atom. The van der Waals surface area contributed by atoms with Gasteiger partial charge < -0.3 is 0 Å². The van der Waals surface area contributed by atoms with Crippen molar-refractivity contribution in [1.82, 2.24) is 5.32 Å². The van der Waals surface area contributed by atoms with Gasteiger partial charge in [-0.25, -0.2) is 9.69 Å². The number of rotatable bonds is 2. The molecule has 1 saturated heterocycles. The lowest BCUT2D eigenvalue weighted by Crippen LogP contribution is -2.54. The molecule has 0 aliphatic carbocycles. The summed E-state index contributed by atoms with van der Waals surface area (Å²) in [5.74, 6) is -1.39. The van der Waals surface area contributed by atoms with Crippen LogP contribution in [0.25, 0.3) is 6.08 Å². The fraction of sp³-hybridized carbons (Fsp3) is 0.105. The molecule has 5 nitrogen and oxygen atoms in total. The van der Waals surface area contributed by atoms with Crippen LogP contribution in [0.5, 0.6) is 0 Å². The second-order valence-electron chi connectivity index (χ2n) is 5.75. The van der Waals surface area contributed by atoms with Crippen LogP contribution in [0.2, 0.25) is 5.02 Å². The molecule has 2 aromatic carbocycles. The quantitative estimate of drug-likeness (QED) is 0.661. The lowest BCUT2D eigenvalue weighted by molar-refractivity contribution is -0.122. The highest BCUT2D eigenvalue weighted by molar-refractivity contribution is 6.39. The van der Waals surface area contributed by atoms with Crippen molar-refractivity contribution >= 4 is 41.2 Å². The first kappa shape index (κ1) is 16.9. The first-order chi connectivity index (χ1) is 11.9. The monoisotopic (exact) mass is 354 g/mol. The second kappa shape index (κ2) is 6.53. The number of halogens is 1. The van der Waals surface area contributed by atoms with Crippen molar-refractivity contribution in [3.63, 3.8) is 0 Å². The van der Waals surface area contributed by atoms with E-state index in [1.807, 2.05) is 25.1 Å². The zero-order valence-electron chi connectivity index (χ0n) is 13.7. The molecule has 6 heteroatoms. The highest BCUT2D eigenvalue weighted by Gasteiger charge is 2.37. The van der Waals surface area contributed by atoms with Crippen LogP contribution in [-0.4, -0.2) is 17.8 Å². The Hall–Kier alpha value is -2.92. The number of aryl methyl sites for hydroxylation is 2. The van der Waals surface area contributed by atoms with E-state index in [1.165, 1.54) is 12.1 Å². The zero-order chi connectivity index (χ0) is 18.1. The highest BCUT2D eigenvalue weighted by atomic mass is 35.5. The van der Waals surface area contributed by atoms with Crippen molar-refractivity contribution < 1.29 is 14.4 Å². The topological polar surface area (TPSA) is 66.5 Å². The smallest absolute Gasteiger partial charge is 0.273 e. The van der Waals surface area contributed by atoms with Crippen molar-refractivity contribution in [1.29, 1.82) is 0 Å². The molecule has 1 fully saturated rings. The summed E-state index contributed by atoms with van der Waals surface area (Å²) in [4.78, 5) is 38.2. The number of nitrogens with zero attached hydrogens (tertiary/aromatic N) is 1. The Bertz CT molecular complexity index is 934. The Kier molecular flexibility index (Phi) is 4.42. The number of imide groups is 2. The van der Waals surface area contributed by atoms with Gasteiger partial charge >= 0.3 is 6.03 Å². The van der Waals surface area contributed by atoms with Crippen LogP contribution in [0.4, 0.5) is 10.5 Å². The molecule has 1 aliphatic rings. The largest absolute Gasteiger partial charge is 0.335 e. The average Bonchev–Trinajstić information content (AvgIpc) is 2.56. The van der Waals surface area contributed by atoms with E-state index in [0.717, 1.165) is 16.0 Å². The summed E-state index contributed by atoms with van der Waals surface area (Å²) in [6.45, 7) is 3.63. The van der Waals surface area contributed by atoms with Gasteiger partial charge in [0.25, 0.3) is 11.8 Å². The minimum absolute atomic E-state index is 0.103. The SMILES string of the molecule is Cc1ccccc1/C=C1\C(=O)NC(=O)N(c2cc(Cl)ccc2C)C1=O. The molecule has 0 radical (unpaired) electrons. The number of benzene rings is 2. The van der Waals surface area contributed by atoms with E-state index in [-0.39, 0.29) is 5.57 Å². The molecule has 2 aromatic rings. The summed E-state index contributed by atoms with van der Waals surface area (Å²) in [6.07, 6.45) is 1.49. The molecule has 126 valence electrons. The van der Waals surface area contributed by atoms with E-state index in [4.69, 9.17) is 11.6 Å². The summed E-state index contributed by atoms with van der Waals surface area (Å²) in [6, 6.07) is 11.5. The van der Waals surface area contributed by atoms with Crippen LogP contribution in [0.1, 0.15) is 16.7 Å². The molecule has 1 heterocycles. The fourth-order valence-electron chi connectivity index (χ4n) is 2.60. The maximum atomic E-state index is 12.9. The first-order valence-corrected chi connectivity index (χ1v) is 7.99. The fourth-order valence-corrected chi connectivity index (χ4v) is 2.77. The number of anilines is 1. The number of amides is 4. The number of nitrogens with one attached hydrogen (secondary N) is 1. The van der Waals surface area contributed by atoms with Gasteiger partial charge in [-0.15, -0.1) is 0 Å². The van der Waals surface area contributed by atoms with Crippen LogP contribution < -0.4 is 10.2 Å². The maximum Gasteiger partial charge on any atom is 0.335 e. The van der Waals surface area contributed by atoms with Gasteiger partial charge in [-0.1, -0.05) is 41.9 Å². The summed E-state index contributed by atoms with van der Waals surface area (Å²) in [5, 5.41) is 2.60. The van der Waals surface area contributed by atoms with Crippen molar-refractivity contribution in [3.05, 3.63) is 69.8 Å². The van der Waals surface area contributed by atoms with Crippen LogP contribution in [0.15, 0.2) is 48.0 Å². The molecule has 25 heavy (non-hydrogen) atoms. The Labute approximate surface area is 149 Å². The maximum absolute atomic E-state index is 12.9. The normalized spacial score (nSPS) is 16.4. The predicted molar refractivity (Wildman–Crippen MR) is 96.4 cm³/mol. The lowest BCUT2D eigenvalue weighted by Gasteiger charge is -2.27. The lowest BCUT2D eigenvalue weighted by atomic mass is 10.0. The van der Waals surface area contributed by atoms with Gasteiger partial charge in [-0.3, -0.25) is 14.9 Å². The first-order valence-electron chi connectivity index (χ1n) is 7.61. The van der Waals surface area contributed by atoms with Gasteiger partial charge in [-0.2, -0.15) is 0 Å². The summed E-state index contributed by atoms with van der Waals surface area (Å²) in [5.41, 5.74) is 2.58. The molecular formula is C19H15ClN2O3. The second-order valence-corrected chi connectivity index (χ2v) is 6.18. The van der Waals surface area contributed by atoms with Crippen molar-refractivity contribution in [2.24, 2.45) is 0 Å². The summed E-state index contributed by atoms with van der Waals surface area (Å²) >= 11 is 6.00. The van der Waals surface area contributed by atoms with Crippen LogP contribution in [0, 0.1) is 13.8 Å². The molecular weight excluding hydrogens is 340 g/mol. The third kappa shape index (κ3) is 3.19. The van der Waals surface area contributed by atoms with Gasteiger partial charge in [0.2, 0.25) is 0 Å². The Balaban J connectivity index is 2.09. The predicted octanol–water partition coefficient (Wildman–Crippen LogP) is 3.62. The van der Waals surface area contributed by atoms with Crippen molar-refractivity contribution in [2.75, 3.05) is 4.90 Å². The highest BCUT2D eigenvalue weighted by Crippen LogP contribution is 2.28. The number of carbonyl (C=O) groups is 3. The Morgan fingerprint density at radius 2 is 1.72 bits per heavy atom. The van der Waals surface area contributed by atoms with Gasteiger partial charge in [0.1, 0.15) is 5.57 Å². The number of carbonyl (C=O) groups excluding carboxylic acids is 3. The molecule has 0 bridgehead atoms. The van der Waals surface area contributed by atoms with Gasteiger partial charge in [0.15, 0.2) is 0 Å². The molecule has 3 rings (SSSR count). The van der Waals surface area contributed by atoms with Crippen LogP contribution >= 0.6 is 11.6 Å². The molecule has 1 aliphatic heterocycles. The molecule has 0 saturated carbocycles. The third-order valence-corrected chi connectivity index (χ3v) is 4.24. The average molecular weight is 355 g/mol. The van der Waals surface area contributed by atoms with Crippen LogP contribution in [-0.2, 0) is 9.59 Å².